The molecule has 0 aliphatic heterocycles. The molecule has 0 aromatic carbocycles. The number of aromatic nitrogens is 1. The van der Waals surface area contributed by atoms with Crippen molar-refractivity contribution in [3.05, 3.63) is 24.0 Å². The number of hydrogen-bond donors (Lipinski definition) is 0. The van der Waals surface area contributed by atoms with Crippen LogP contribution < -0.4 is 4.74 Å². The predicted octanol–water partition coefficient (Wildman–Crippen LogP) is 3.78. The minimum absolute atomic E-state index is 0.349. The Morgan fingerprint density at radius 2 is 2.12 bits per heavy atom. The summed E-state index contributed by atoms with van der Waals surface area (Å²) in [6.45, 7) is 2.31. The molecular weight excluding hydrogens is 222 g/mol. The maximum absolute atomic E-state index is 5.98. The van der Waals surface area contributed by atoms with E-state index in [9.17, 15) is 0 Å². The van der Waals surface area contributed by atoms with Gasteiger partial charge in [0.25, 0.3) is 0 Å². The van der Waals surface area contributed by atoms with Crippen molar-refractivity contribution in [1.82, 2.24) is 4.98 Å². The van der Waals surface area contributed by atoms with E-state index >= 15 is 0 Å². The van der Waals surface area contributed by atoms with E-state index in [0.717, 1.165) is 30.1 Å². The second kappa shape index (κ2) is 5.53. The number of hydrogen-bond acceptors (Lipinski definition) is 2. The number of alkyl halides is 1. The van der Waals surface area contributed by atoms with Gasteiger partial charge in [-0.15, -0.1) is 11.6 Å². The molecule has 1 heterocycles. The second-order valence-electron chi connectivity index (χ2n) is 4.62. The van der Waals surface area contributed by atoms with Crippen molar-refractivity contribution in [1.29, 1.82) is 0 Å². The number of nitrogens with zero attached hydrogens (tertiary/aromatic N) is 1. The molecular formula is C13H18ClNO. The van der Waals surface area contributed by atoms with Crippen LogP contribution in [0, 0.1) is 5.92 Å². The number of halogens is 1. The number of ether oxygens (including phenoxy) is 1. The third kappa shape index (κ3) is 2.88. The van der Waals surface area contributed by atoms with Gasteiger partial charge < -0.3 is 4.74 Å². The van der Waals surface area contributed by atoms with E-state index < -0.39 is 0 Å². The van der Waals surface area contributed by atoms with E-state index in [-0.39, 0.29) is 0 Å². The van der Waals surface area contributed by atoms with E-state index in [2.05, 4.69) is 11.9 Å². The van der Waals surface area contributed by atoms with E-state index in [1.807, 2.05) is 6.07 Å². The minimum Gasteiger partial charge on any atom is -0.488 e. The summed E-state index contributed by atoms with van der Waals surface area (Å²) in [6, 6.07) is 1.92. The summed E-state index contributed by atoms with van der Waals surface area (Å²) in [7, 11) is 0. The monoisotopic (exact) mass is 239 g/mol. The van der Waals surface area contributed by atoms with E-state index in [0.29, 0.717) is 12.0 Å². The fourth-order valence-electron chi connectivity index (χ4n) is 2.15. The Balaban J connectivity index is 1.98. The molecule has 1 aliphatic carbocycles. The van der Waals surface area contributed by atoms with Gasteiger partial charge in [0.15, 0.2) is 0 Å². The van der Waals surface area contributed by atoms with Crippen LogP contribution in [-0.2, 0) is 5.88 Å². The smallest absolute Gasteiger partial charge is 0.142 e. The molecule has 88 valence electrons. The summed E-state index contributed by atoms with van der Waals surface area (Å²) in [4.78, 5) is 4.09. The van der Waals surface area contributed by atoms with Gasteiger partial charge in [-0.25, -0.2) is 0 Å². The molecule has 2 rings (SSSR count). The fraction of sp³-hybridized carbons (Fsp3) is 0.615. The first kappa shape index (κ1) is 11.7. The first-order chi connectivity index (χ1) is 7.79. The molecule has 3 heteroatoms. The fourth-order valence-corrected chi connectivity index (χ4v) is 2.37. The molecule has 1 fully saturated rings. The van der Waals surface area contributed by atoms with E-state index in [1.165, 1.54) is 12.8 Å². The lowest BCUT2D eigenvalue weighted by Gasteiger charge is -2.27. The van der Waals surface area contributed by atoms with Crippen LogP contribution in [0.15, 0.2) is 18.5 Å². The van der Waals surface area contributed by atoms with Crippen LogP contribution in [0.2, 0.25) is 0 Å². The summed E-state index contributed by atoms with van der Waals surface area (Å²) in [5, 5.41) is 0. The Morgan fingerprint density at radius 3 is 2.81 bits per heavy atom. The zero-order valence-electron chi connectivity index (χ0n) is 9.66. The Bertz CT molecular complexity index is 334. The van der Waals surface area contributed by atoms with Crippen LogP contribution >= 0.6 is 11.6 Å². The van der Waals surface area contributed by atoms with Crippen LogP contribution in [0.3, 0.4) is 0 Å². The molecule has 16 heavy (non-hydrogen) atoms. The van der Waals surface area contributed by atoms with Crippen LogP contribution in [0.1, 0.15) is 38.2 Å². The van der Waals surface area contributed by atoms with Crippen molar-refractivity contribution < 1.29 is 4.74 Å². The van der Waals surface area contributed by atoms with Crippen molar-refractivity contribution in [3.63, 3.8) is 0 Å². The summed E-state index contributed by atoms with van der Waals surface area (Å²) in [5.41, 5.74) is 1.04. The predicted molar refractivity (Wildman–Crippen MR) is 65.8 cm³/mol. The molecule has 1 aromatic rings. The highest BCUT2D eigenvalue weighted by Crippen LogP contribution is 2.28. The van der Waals surface area contributed by atoms with Gasteiger partial charge >= 0.3 is 0 Å². The minimum atomic E-state index is 0.349. The summed E-state index contributed by atoms with van der Waals surface area (Å²) >= 11 is 5.87. The Kier molecular flexibility index (Phi) is 4.05. The molecule has 0 spiro atoms. The van der Waals surface area contributed by atoms with Gasteiger partial charge in [0.1, 0.15) is 5.75 Å². The van der Waals surface area contributed by atoms with E-state index in [4.69, 9.17) is 16.3 Å². The molecule has 1 saturated carbocycles. The lowest BCUT2D eigenvalue weighted by molar-refractivity contribution is 0.134. The van der Waals surface area contributed by atoms with Gasteiger partial charge in [-0.1, -0.05) is 6.92 Å². The zero-order chi connectivity index (χ0) is 11.4. The standard InChI is InChI=1S/C13H18ClNO/c1-10-2-4-12(5-3-10)16-13-9-15-7-6-11(13)8-14/h6-7,9-10,12H,2-5,8H2,1H3. The highest BCUT2D eigenvalue weighted by Gasteiger charge is 2.20. The molecule has 0 unspecified atom stereocenters. The van der Waals surface area contributed by atoms with Crippen molar-refractivity contribution >= 4 is 11.6 Å². The second-order valence-corrected chi connectivity index (χ2v) is 4.88. The Labute approximate surface area is 102 Å². The van der Waals surface area contributed by atoms with Gasteiger partial charge in [0.05, 0.1) is 18.2 Å². The summed E-state index contributed by atoms with van der Waals surface area (Å²) in [6.07, 6.45) is 8.71. The molecule has 1 aromatic heterocycles. The van der Waals surface area contributed by atoms with Crippen LogP contribution in [0.4, 0.5) is 0 Å². The maximum atomic E-state index is 5.98. The van der Waals surface area contributed by atoms with Gasteiger partial charge in [0, 0.05) is 11.8 Å². The molecule has 2 nitrogen and oxygen atoms in total. The summed E-state index contributed by atoms with van der Waals surface area (Å²) < 4.78 is 5.98. The highest BCUT2D eigenvalue weighted by atomic mass is 35.5. The molecule has 0 amide bonds. The third-order valence-corrected chi connectivity index (χ3v) is 3.56. The highest BCUT2D eigenvalue weighted by molar-refractivity contribution is 6.17. The third-order valence-electron chi connectivity index (χ3n) is 3.27. The number of rotatable bonds is 3. The normalized spacial score (nSPS) is 25.4. The molecule has 0 N–H and O–H groups in total. The Morgan fingerprint density at radius 1 is 1.38 bits per heavy atom. The number of pyridine rings is 1. The molecule has 0 radical (unpaired) electrons. The van der Waals surface area contributed by atoms with Crippen molar-refractivity contribution in [2.45, 2.75) is 44.6 Å². The first-order valence-corrected chi connectivity index (χ1v) is 6.48. The SMILES string of the molecule is CC1CCC(Oc2cnccc2CCl)CC1. The zero-order valence-corrected chi connectivity index (χ0v) is 10.4. The average molecular weight is 240 g/mol. The van der Waals surface area contributed by atoms with Crippen LogP contribution in [0.25, 0.3) is 0 Å². The van der Waals surface area contributed by atoms with Gasteiger partial charge in [-0.2, -0.15) is 0 Å². The van der Waals surface area contributed by atoms with Crippen LogP contribution in [-0.4, -0.2) is 11.1 Å². The molecule has 1 aliphatic rings. The van der Waals surface area contributed by atoms with Crippen molar-refractivity contribution in [2.75, 3.05) is 0 Å². The van der Waals surface area contributed by atoms with Crippen molar-refractivity contribution in [3.8, 4) is 5.75 Å². The molecule has 0 saturated heterocycles. The molecule has 0 bridgehead atoms. The van der Waals surface area contributed by atoms with E-state index in [1.54, 1.807) is 12.4 Å². The molecule has 0 atom stereocenters. The first-order valence-electron chi connectivity index (χ1n) is 5.95. The topological polar surface area (TPSA) is 22.1 Å². The van der Waals surface area contributed by atoms with Crippen molar-refractivity contribution in [2.24, 2.45) is 5.92 Å². The quantitative estimate of drug-likeness (QED) is 0.749. The maximum Gasteiger partial charge on any atom is 0.142 e. The van der Waals surface area contributed by atoms with Gasteiger partial charge in [-0.3, -0.25) is 4.98 Å². The largest absolute Gasteiger partial charge is 0.488 e. The average Bonchev–Trinajstić information content (AvgIpc) is 2.33. The van der Waals surface area contributed by atoms with Gasteiger partial charge in [-0.05, 0) is 37.7 Å². The van der Waals surface area contributed by atoms with Crippen LogP contribution in [0.5, 0.6) is 5.75 Å². The lowest BCUT2D eigenvalue weighted by Crippen LogP contribution is -2.23. The lowest BCUT2D eigenvalue weighted by atomic mass is 9.89. The Hall–Kier alpha value is -0.760. The van der Waals surface area contributed by atoms with Gasteiger partial charge in [0.2, 0.25) is 0 Å². The summed E-state index contributed by atoms with van der Waals surface area (Å²) in [5.74, 6) is 2.19.